The van der Waals surface area contributed by atoms with E-state index in [0.29, 0.717) is 30.6 Å². The highest BCUT2D eigenvalue weighted by Gasteiger charge is 2.47. The van der Waals surface area contributed by atoms with Crippen LogP contribution in [-0.2, 0) is 14.8 Å². The van der Waals surface area contributed by atoms with E-state index in [9.17, 15) is 17.6 Å². The van der Waals surface area contributed by atoms with Gasteiger partial charge in [0.25, 0.3) is 0 Å². The normalized spacial score (nSPS) is 21.6. The average molecular weight is 454 g/mol. The van der Waals surface area contributed by atoms with Gasteiger partial charge >= 0.3 is 0 Å². The van der Waals surface area contributed by atoms with E-state index in [1.165, 1.54) is 10.4 Å². The summed E-state index contributed by atoms with van der Waals surface area (Å²) >= 11 is 0. The maximum atomic E-state index is 14.0. The fraction of sp³-hybridized carbons (Fsp3) is 0.333. The van der Waals surface area contributed by atoms with Gasteiger partial charge in [-0.1, -0.05) is 30.3 Å². The number of sulfonamides is 1. The number of pyridine rings is 1. The van der Waals surface area contributed by atoms with E-state index in [-0.39, 0.29) is 41.5 Å². The van der Waals surface area contributed by atoms with Crippen molar-refractivity contribution >= 4 is 26.8 Å². The van der Waals surface area contributed by atoms with E-state index in [2.05, 4.69) is 4.98 Å². The number of amides is 1. The molecular weight excluding hydrogens is 429 g/mol. The van der Waals surface area contributed by atoms with Gasteiger partial charge < -0.3 is 4.90 Å². The summed E-state index contributed by atoms with van der Waals surface area (Å²) in [5.41, 5.74) is 2.01. The molecule has 0 spiro atoms. The molecule has 1 saturated carbocycles. The summed E-state index contributed by atoms with van der Waals surface area (Å²) in [5.74, 6) is -0.601. The SMILES string of the molecule is Cc1cnc2c(S(=O)(=O)N3CCN(C(=O)C4CC4c4ccccc4F)CC3)cccc2c1. The Morgan fingerprint density at radius 2 is 1.81 bits per heavy atom. The number of nitrogens with zero attached hydrogens (tertiary/aromatic N) is 3. The van der Waals surface area contributed by atoms with E-state index in [1.54, 1.807) is 41.4 Å². The molecular formula is C24H24FN3O3S. The Hall–Kier alpha value is -2.84. The fourth-order valence-corrected chi connectivity index (χ4v) is 6.15. The van der Waals surface area contributed by atoms with Crippen molar-refractivity contribution in [2.24, 2.45) is 5.92 Å². The molecule has 6 nitrogen and oxygen atoms in total. The van der Waals surface area contributed by atoms with Gasteiger partial charge in [-0.25, -0.2) is 12.8 Å². The van der Waals surface area contributed by atoms with Crippen LogP contribution in [0.3, 0.4) is 0 Å². The number of hydrogen-bond acceptors (Lipinski definition) is 4. The molecule has 2 heterocycles. The number of fused-ring (bicyclic) bond motifs is 1. The Kier molecular flexibility index (Phi) is 5.22. The Morgan fingerprint density at radius 3 is 2.56 bits per heavy atom. The van der Waals surface area contributed by atoms with Crippen molar-refractivity contribution in [1.29, 1.82) is 0 Å². The molecule has 2 atom stereocenters. The van der Waals surface area contributed by atoms with Crippen molar-refractivity contribution < 1.29 is 17.6 Å². The van der Waals surface area contributed by atoms with Crippen LogP contribution in [0, 0.1) is 18.7 Å². The third-order valence-electron chi connectivity index (χ3n) is 6.39. The van der Waals surface area contributed by atoms with Crippen LogP contribution in [0.5, 0.6) is 0 Å². The summed E-state index contributed by atoms with van der Waals surface area (Å²) in [6, 6.07) is 13.7. The molecule has 0 N–H and O–H groups in total. The van der Waals surface area contributed by atoms with Crippen molar-refractivity contribution in [3.8, 4) is 0 Å². The quantitative estimate of drug-likeness (QED) is 0.608. The monoisotopic (exact) mass is 453 g/mol. The van der Waals surface area contributed by atoms with Crippen molar-refractivity contribution in [2.45, 2.75) is 24.2 Å². The van der Waals surface area contributed by atoms with E-state index < -0.39 is 10.0 Å². The Bertz CT molecular complexity index is 1300. The molecule has 1 saturated heterocycles. The van der Waals surface area contributed by atoms with Gasteiger partial charge in [-0.15, -0.1) is 0 Å². The van der Waals surface area contributed by atoms with E-state index in [0.717, 1.165) is 10.9 Å². The highest BCUT2D eigenvalue weighted by molar-refractivity contribution is 7.89. The van der Waals surface area contributed by atoms with Crippen molar-refractivity contribution in [3.63, 3.8) is 0 Å². The summed E-state index contributed by atoms with van der Waals surface area (Å²) in [6.45, 7) is 3.03. The number of rotatable bonds is 4. The first kappa shape index (κ1) is 21.0. The number of halogens is 1. The minimum atomic E-state index is -3.73. The van der Waals surface area contributed by atoms with Crippen molar-refractivity contribution in [1.82, 2.24) is 14.2 Å². The molecule has 5 rings (SSSR count). The first-order valence-electron chi connectivity index (χ1n) is 10.7. The number of aromatic nitrogens is 1. The molecule has 1 aromatic heterocycles. The molecule has 0 bridgehead atoms. The van der Waals surface area contributed by atoms with E-state index in [1.807, 2.05) is 19.1 Å². The van der Waals surface area contributed by atoms with Crippen molar-refractivity contribution in [2.75, 3.05) is 26.2 Å². The van der Waals surface area contributed by atoms with Crippen LogP contribution in [-0.4, -0.2) is 54.7 Å². The molecule has 2 unspecified atom stereocenters. The topological polar surface area (TPSA) is 70.6 Å². The number of para-hydroxylation sites is 1. The number of benzene rings is 2. The molecule has 8 heteroatoms. The Balaban J connectivity index is 1.28. The molecule has 2 aromatic carbocycles. The first-order chi connectivity index (χ1) is 15.4. The second-order valence-corrected chi connectivity index (χ2v) is 10.4. The van der Waals surface area contributed by atoms with Gasteiger partial charge in [-0.3, -0.25) is 9.78 Å². The highest BCUT2D eigenvalue weighted by Crippen LogP contribution is 2.49. The molecule has 32 heavy (non-hydrogen) atoms. The molecule has 166 valence electrons. The maximum Gasteiger partial charge on any atom is 0.245 e. The molecule has 1 aliphatic heterocycles. The third kappa shape index (κ3) is 3.67. The number of hydrogen-bond donors (Lipinski definition) is 0. The zero-order chi connectivity index (χ0) is 22.5. The number of piperazine rings is 1. The first-order valence-corrected chi connectivity index (χ1v) is 12.2. The largest absolute Gasteiger partial charge is 0.340 e. The third-order valence-corrected chi connectivity index (χ3v) is 8.32. The standard InChI is InChI=1S/C24H24FN3O3S/c1-16-13-17-5-4-8-22(23(17)26-15-16)32(30,31)28-11-9-27(10-12-28)24(29)20-14-19(20)18-6-2-3-7-21(18)25/h2-8,13,15,19-20H,9-12,14H2,1H3. The summed E-state index contributed by atoms with van der Waals surface area (Å²) in [6.07, 6.45) is 2.30. The smallest absolute Gasteiger partial charge is 0.245 e. The summed E-state index contributed by atoms with van der Waals surface area (Å²) in [5, 5.41) is 0.785. The fourth-order valence-electron chi connectivity index (χ4n) is 4.56. The molecule has 1 amide bonds. The van der Waals surface area contributed by atoms with Crippen LogP contribution in [0.2, 0.25) is 0 Å². The predicted molar refractivity (Wildman–Crippen MR) is 119 cm³/mol. The summed E-state index contributed by atoms with van der Waals surface area (Å²) < 4.78 is 42.1. The maximum absolute atomic E-state index is 14.0. The van der Waals surface area contributed by atoms with Crippen LogP contribution in [0.1, 0.15) is 23.5 Å². The van der Waals surface area contributed by atoms with Crippen molar-refractivity contribution in [3.05, 3.63) is 71.7 Å². The van der Waals surface area contributed by atoms with Gasteiger partial charge in [0.05, 0.1) is 5.52 Å². The molecule has 0 radical (unpaired) electrons. The van der Waals surface area contributed by atoms with Gasteiger partial charge in [-0.05, 0) is 48.6 Å². The second kappa shape index (κ2) is 7.94. The molecule has 2 aliphatic rings. The minimum absolute atomic E-state index is 0.0161. The number of aryl methyl sites for hydroxylation is 1. The zero-order valence-electron chi connectivity index (χ0n) is 17.7. The van der Waals surface area contributed by atoms with Gasteiger partial charge in [-0.2, -0.15) is 4.31 Å². The lowest BCUT2D eigenvalue weighted by atomic mass is 10.1. The van der Waals surface area contributed by atoms with Gasteiger partial charge in [0.1, 0.15) is 10.7 Å². The lowest BCUT2D eigenvalue weighted by Crippen LogP contribution is -2.51. The molecule has 3 aromatic rings. The van der Waals surface area contributed by atoms with Crippen LogP contribution < -0.4 is 0 Å². The lowest BCUT2D eigenvalue weighted by Gasteiger charge is -2.34. The number of carbonyl (C=O) groups is 1. The van der Waals surface area contributed by atoms with Gasteiger partial charge in [0.2, 0.25) is 15.9 Å². The Labute approximate surface area is 186 Å². The number of carbonyl (C=O) groups excluding carboxylic acids is 1. The highest BCUT2D eigenvalue weighted by atomic mass is 32.2. The molecule has 1 aliphatic carbocycles. The van der Waals surface area contributed by atoms with Crippen LogP contribution in [0.4, 0.5) is 4.39 Å². The Morgan fingerprint density at radius 1 is 1.06 bits per heavy atom. The van der Waals surface area contributed by atoms with E-state index >= 15 is 0 Å². The summed E-state index contributed by atoms with van der Waals surface area (Å²) in [7, 11) is -3.73. The molecule has 2 fully saturated rings. The van der Waals surface area contributed by atoms with Gasteiger partial charge in [0, 0.05) is 43.7 Å². The second-order valence-electron chi connectivity index (χ2n) is 8.54. The zero-order valence-corrected chi connectivity index (χ0v) is 18.6. The van der Waals surface area contributed by atoms with Crippen LogP contribution in [0.25, 0.3) is 10.9 Å². The van der Waals surface area contributed by atoms with Crippen LogP contribution >= 0.6 is 0 Å². The van der Waals surface area contributed by atoms with E-state index in [4.69, 9.17) is 0 Å². The predicted octanol–water partition coefficient (Wildman–Crippen LogP) is 3.32. The summed E-state index contributed by atoms with van der Waals surface area (Å²) in [4.78, 5) is 19.2. The van der Waals surface area contributed by atoms with Crippen LogP contribution in [0.15, 0.2) is 59.6 Å². The minimum Gasteiger partial charge on any atom is -0.340 e. The lowest BCUT2D eigenvalue weighted by molar-refractivity contribution is -0.133. The average Bonchev–Trinajstić information content (AvgIpc) is 3.59. The van der Waals surface area contributed by atoms with Gasteiger partial charge in [0.15, 0.2) is 0 Å².